The number of rotatable bonds is 5. The van der Waals surface area contributed by atoms with Crippen molar-refractivity contribution in [1.82, 2.24) is 9.97 Å². The number of nitro groups is 1. The summed E-state index contributed by atoms with van der Waals surface area (Å²) >= 11 is 6.39. The lowest BCUT2D eigenvalue weighted by molar-refractivity contribution is -0.384. The largest absolute Gasteiger partial charge is 0.366 e. The summed E-state index contributed by atoms with van der Waals surface area (Å²) in [5.74, 6) is 0.145. The minimum atomic E-state index is -0.441. The molecule has 0 bridgehead atoms. The van der Waals surface area contributed by atoms with Gasteiger partial charge >= 0.3 is 0 Å². The number of imidazole rings is 1. The molecular weight excluding hydrogens is 442 g/mol. The number of aromatic amines is 1. The normalized spacial score (nSPS) is 13.4. The summed E-state index contributed by atoms with van der Waals surface area (Å²) in [5.41, 5.74) is 3.53. The third kappa shape index (κ3) is 4.12. The van der Waals surface area contributed by atoms with E-state index in [9.17, 15) is 14.9 Å². The molecular formula is C24H20ClN5O3. The van der Waals surface area contributed by atoms with E-state index in [-0.39, 0.29) is 11.3 Å². The topological polar surface area (TPSA) is 104 Å². The summed E-state index contributed by atoms with van der Waals surface area (Å²) in [5, 5.41) is 14.9. The number of carbonyl (C=O) groups is 1. The van der Waals surface area contributed by atoms with E-state index in [0.29, 0.717) is 27.8 Å². The summed E-state index contributed by atoms with van der Waals surface area (Å²) in [4.78, 5) is 33.9. The molecule has 1 aliphatic heterocycles. The lowest BCUT2D eigenvalue weighted by atomic mass is 10.1. The molecule has 2 N–H and O–H groups in total. The van der Waals surface area contributed by atoms with Crippen molar-refractivity contribution >= 4 is 45.6 Å². The number of H-pyrrole nitrogens is 1. The Morgan fingerprint density at radius 2 is 1.88 bits per heavy atom. The van der Waals surface area contributed by atoms with Crippen molar-refractivity contribution < 1.29 is 9.72 Å². The predicted molar refractivity (Wildman–Crippen MR) is 129 cm³/mol. The maximum atomic E-state index is 12.9. The Bertz CT molecular complexity index is 1340. The SMILES string of the molecule is O=C(Nc1ccc(Cl)c(-c2nc3ccccc3[nH]2)c1)c1ccc(N2CCCC2)c([N+](=O)[O-])c1. The molecule has 3 aromatic carbocycles. The smallest absolute Gasteiger partial charge is 0.293 e. The number of aromatic nitrogens is 2. The highest BCUT2D eigenvalue weighted by Crippen LogP contribution is 2.33. The number of nitrogens with zero attached hydrogens (tertiary/aromatic N) is 3. The van der Waals surface area contributed by atoms with Crippen LogP contribution in [-0.2, 0) is 0 Å². The van der Waals surface area contributed by atoms with Gasteiger partial charge in [-0.05, 0) is 55.3 Å². The number of hydrogen-bond donors (Lipinski definition) is 2. The van der Waals surface area contributed by atoms with E-state index in [1.54, 1.807) is 30.3 Å². The molecule has 0 atom stereocenters. The molecule has 166 valence electrons. The lowest BCUT2D eigenvalue weighted by Crippen LogP contribution is -2.19. The van der Waals surface area contributed by atoms with E-state index in [0.717, 1.165) is 37.0 Å². The van der Waals surface area contributed by atoms with Crippen molar-refractivity contribution in [3.8, 4) is 11.4 Å². The number of nitrogens with one attached hydrogen (secondary N) is 2. The Hall–Kier alpha value is -3.91. The zero-order chi connectivity index (χ0) is 22.9. The first-order valence-electron chi connectivity index (χ1n) is 10.6. The molecule has 0 unspecified atom stereocenters. The van der Waals surface area contributed by atoms with E-state index < -0.39 is 10.8 Å². The predicted octanol–water partition coefficient (Wildman–Crippen LogP) is 5.64. The van der Waals surface area contributed by atoms with Crippen LogP contribution in [0.1, 0.15) is 23.2 Å². The quantitative estimate of drug-likeness (QED) is 0.295. The number of halogens is 1. The van der Waals surface area contributed by atoms with Crippen LogP contribution in [0.15, 0.2) is 60.7 Å². The third-order valence-corrected chi connectivity index (χ3v) is 6.08. The summed E-state index contributed by atoms with van der Waals surface area (Å²) in [7, 11) is 0. The molecule has 1 saturated heterocycles. The second kappa shape index (κ2) is 8.55. The van der Waals surface area contributed by atoms with E-state index >= 15 is 0 Å². The van der Waals surface area contributed by atoms with Gasteiger partial charge in [0.1, 0.15) is 11.5 Å². The first-order valence-corrected chi connectivity index (χ1v) is 11.0. The lowest BCUT2D eigenvalue weighted by Gasteiger charge is -2.17. The van der Waals surface area contributed by atoms with Crippen LogP contribution >= 0.6 is 11.6 Å². The molecule has 8 nitrogen and oxygen atoms in total. The van der Waals surface area contributed by atoms with Crippen LogP contribution < -0.4 is 10.2 Å². The minimum Gasteiger partial charge on any atom is -0.366 e. The zero-order valence-corrected chi connectivity index (χ0v) is 18.3. The Labute approximate surface area is 194 Å². The number of carbonyl (C=O) groups excluding carboxylic acids is 1. The fourth-order valence-electron chi connectivity index (χ4n) is 4.10. The van der Waals surface area contributed by atoms with Gasteiger partial charge in [0.25, 0.3) is 11.6 Å². The number of fused-ring (bicyclic) bond motifs is 1. The molecule has 5 rings (SSSR count). The second-order valence-corrected chi connectivity index (χ2v) is 8.31. The Balaban J connectivity index is 1.42. The van der Waals surface area contributed by atoms with E-state index in [4.69, 9.17) is 11.6 Å². The van der Waals surface area contributed by atoms with Gasteiger partial charge in [0.05, 0.1) is 21.0 Å². The van der Waals surface area contributed by atoms with Gasteiger partial charge in [-0.1, -0.05) is 23.7 Å². The number of hydrogen-bond acceptors (Lipinski definition) is 5. The molecule has 0 saturated carbocycles. The van der Waals surface area contributed by atoms with Gasteiger partial charge in [0.2, 0.25) is 0 Å². The monoisotopic (exact) mass is 461 g/mol. The van der Waals surface area contributed by atoms with Crippen LogP contribution in [-0.4, -0.2) is 33.9 Å². The average Bonchev–Trinajstić information content (AvgIpc) is 3.50. The molecule has 1 aliphatic rings. The van der Waals surface area contributed by atoms with Gasteiger partial charge in [-0.25, -0.2) is 4.98 Å². The van der Waals surface area contributed by atoms with Gasteiger partial charge in [0.15, 0.2) is 0 Å². The zero-order valence-electron chi connectivity index (χ0n) is 17.5. The van der Waals surface area contributed by atoms with E-state index in [1.165, 1.54) is 6.07 Å². The number of anilines is 2. The number of para-hydroxylation sites is 2. The second-order valence-electron chi connectivity index (χ2n) is 7.91. The van der Waals surface area contributed by atoms with Gasteiger partial charge in [-0.15, -0.1) is 0 Å². The first-order chi connectivity index (χ1) is 16.0. The van der Waals surface area contributed by atoms with Crippen LogP contribution in [0.5, 0.6) is 0 Å². The molecule has 1 amide bonds. The van der Waals surface area contributed by atoms with Crippen molar-refractivity contribution in [2.24, 2.45) is 0 Å². The molecule has 1 aromatic heterocycles. The van der Waals surface area contributed by atoms with Crippen LogP contribution in [0.25, 0.3) is 22.4 Å². The average molecular weight is 462 g/mol. The highest BCUT2D eigenvalue weighted by Gasteiger charge is 2.24. The fourth-order valence-corrected chi connectivity index (χ4v) is 4.31. The van der Waals surface area contributed by atoms with Crippen LogP contribution in [0.2, 0.25) is 5.02 Å². The van der Waals surface area contributed by atoms with Crippen molar-refractivity contribution in [2.75, 3.05) is 23.3 Å². The molecule has 33 heavy (non-hydrogen) atoms. The van der Waals surface area contributed by atoms with Gasteiger partial charge in [0, 0.05) is 36.0 Å². The van der Waals surface area contributed by atoms with Gasteiger partial charge in [-0.3, -0.25) is 14.9 Å². The molecule has 4 aromatic rings. The van der Waals surface area contributed by atoms with Crippen molar-refractivity contribution in [2.45, 2.75) is 12.8 Å². The Kier molecular flexibility index (Phi) is 5.43. The highest BCUT2D eigenvalue weighted by molar-refractivity contribution is 6.33. The standard InChI is InChI=1S/C24H20ClN5O3/c25-18-9-8-16(14-17(18)23-27-19-5-1-2-6-20(19)28-23)26-24(31)15-7-10-21(22(13-15)30(32)33)29-11-3-4-12-29/h1-2,5-10,13-14H,3-4,11-12H2,(H,26,31)(H,27,28). The molecule has 2 heterocycles. The van der Waals surface area contributed by atoms with Crippen molar-refractivity contribution in [3.63, 3.8) is 0 Å². The summed E-state index contributed by atoms with van der Waals surface area (Å²) in [6, 6.07) is 17.3. The van der Waals surface area contributed by atoms with E-state index in [1.807, 2.05) is 29.2 Å². The molecule has 0 radical (unpaired) electrons. The first kappa shape index (κ1) is 21.0. The summed E-state index contributed by atoms with van der Waals surface area (Å²) in [6.07, 6.45) is 2.01. The molecule has 1 fully saturated rings. The van der Waals surface area contributed by atoms with Crippen molar-refractivity contribution in [3.05, 3.63) is 81.4 Å². The number of benzene rings is 3. The minimum absolute atomic E-state index is 0.0661. The maximum absolute atomic E-state index is 12.9. The number of nitro benzene ring substituents is 1. The molecule has 0 aliphatic carbocycles. The Morgan fingerprint density at radius 1 is 1.09 bits per heavy atom. The number of amides is 1. The maximum Gasteiger partial charge on any atom is 0.293 e. The molecule has 9 heteroatoms. The van der Waals surface area contributed by atoms with Gasteiger partial charge < -0.3 is 15.2 Å². The van der Waals surface area contributed by atoms with E-state index in [2.05, 4.69) is 15.3 Å². The summed E-state index contributed by atoms with van der Waals surface area (Å²) in [6.45, 7) is 1.56. The third-order valence-electron chi connectivity index (χ3n) is 5.75. The summed E-state index contributed by atoms with van der Waals surface area (Å²) < 4.78 is 0. The van der Waals surface area contributed by atoms with Crippen molar-refractivity contribution in [1.29, 1.82) is 0 Å². The van der Waals surface area contributed by atoms with Gasteiger partial charge in [-0.2, -0.15) is 0 Å². The van der Waals surface area contributed by atoms with Crippen LogP contribution in [0.3, 0.4) is 0 Å². The molecule has 0 spiro atoms. The van der Waals surface area contributed by atoms with Crippen LogP contribution in [0, 0.1) is 10.1 Å². The highest BCUT2D eigenvalue weighted by atomic mass is 35.5. The van der Waals surface area contributed by atoms with Crippen LogP contribution in [0.4, 0.5) is 17.1 Å². The Morgan fingerprint density at radius 3 is 2.64 bits per heavy atom. The fraction of sp³-hybridized carbons (Fsp3) is 0.167.